The van der Waals surface area contributed by atoms with E-state index in [2.05, 4.69) is 152 Å². The fourth-order valence-electron chi connectivity index (χ4n) is 8.28. The first-order chi connectivity index (χ1) is 21.6. The van der Waals surface area contributed by atoms with Gasteiger partial charge in [0.05, 0.1) is 0 Å². The molecule has 1 nitrogen and oxygen atoms in total. The van der Waals surface area contributed by atoms with Crippen LogP contribution >= 0.6 is 15.9 Å². The third-order valence-electron chi connectivity index (χ3n) is 10.7. The lowest BCUT2D eigenvalue weighted by Crippen LogP contribution is -2.28. The van der Waals surface area contributed by atoms with Crippen LogP contribution in [0, 0.1) is 5.92 Å². The molecule has 0 heterocycles. The average Bonchev–Trinajstić information content (AvgIpc) is 3.40. The molecule has 0 aliphatic heterocycles. The third-order valence-corrected chi connectivity index (χ3v) is 11.2. The van der Waals surface area contributed by atoms with Gasteiger partial charge in [0.1, 0.15) is 7.85 Å². The number of rotatable bonds is 4. The number of hydrogen-bond acceptors (Lipinski definition) is 1. The number of fused-ring (bicyclic) bond motifs is 8. The van der Waals surface area contributed by atoms with Crippen molar-refractivity contribution in [1.82, 2.24) is 0 Å². The summed E-state index contributed by atoms with van der Waals surface area (Å²) >= 11 is 3.62. The molecular weight excluding hydrogens is 609 g/mol. The van der Waals surface area contributed by atoms with E-state index in [1.165, 1.54) is 55.4 Å². The van der Waals surface area contributed by atoms with Gasteiger partial charge < -0.3 is 4.90 Å². The van der Waals surface area contributed by atoms with Gasteiger partial charge in [0.2, 0.25) is 0 Å². The highest BCUT2D eigenvalue weighted by molar-refractivity contribution is 9.10. The van der Waals surface area contributed by atoms with Crippen LogP contribution < -0.4 is 10.4 Å². The Morgan fingerprint density at radius 3 is 2.16 bits per heavy atom. The highest BCUT2D eigenvalue weighted by atomic mass is 79.9. The number of benzene rings is 5. The van der Waals surface area contributed by atoms with E-state index in [1.54, 1.807) is 0 Å². The van der Waals surface area contributed by atoms with Gasteiger partial charge in [-0.25, -0.2) is 0 Å². The van der Waals surface area contributed by atoms with Gasteiger partial charge in [-0.2, -0.15) is 0 Å². The van der Waals surface area contributed by atoms with Crippen LogP contribution in [0.15, 0.2) is 126 Å². The molecule has 5 aromatic rings. The van der Waals surface area contributed by atoms with Crippen LogP contribution in [0.5, 0.6) is 0 Å². The zero-order valence-corrected chi connectivity index (χ0v) is 27.8. The number of anilines is 2. The van der Waals surface area contributed by atoms with E-state index < -0.39 is 0 Å². The predicted molar refractivity (Wildman–Crippen MR) is 196 cm³/mol. The molecule has 2 unspecified atom stereocenters. The minimum atomic E-state index is -0.101. The van der Waals surface area contributed by atoms with Gasteiger partial charge in [0.15, 0.2) is 0 Å². The fraction of sp³-hybridized carbons (Fsp3) is 0.190. The standard InChI is InChI=1S/C42H35BBrN/c1-6-25-21-39-40(33-10-8-7-9-31(25)33)35-24-37-34(23-38(35)42(39,4)5)32-20-19-30(22-36(32)41(37,2)3)45(28-15-11-26(43)12-16-28)29-17-13-27(44)14-18-29/h6-24,32,36H,1H2,2-5H3. The van der Waals surface area contributed by atoms with Crippen LogP contribution in [-0.2, 0) is 10.8 Å². The van der Waals surface area contributed by atoms with Crippen molar-refractivity contribution < 1.29 is 0 Å². The zero-order chi connectivity index (χ0) is 31.2. The number of allylic oxidation sites excluding steroid dienone is 3. The molecule has 0 spiro atoms. The largest absolute Gasteiger partial charge is 0.311 e. The fourth-order valence-corrected chi connectivity index (χ4v) is 8.55. The summed E-state index contributed by atoms with van der Waals surface area (Å²) < 4.78 is 1.06. The molecule has 218 valence electrons. The first-order valence-electron chi connectivity index (χ1n) is 15.8. The predicted octanol–water partition coefficient (Wildman–Crippen LogP) is 10.6. The molecule has 3 aliphatic rings. The Kier molecular flexibility index (Phi) is 6.29. The minimum absolute atomic E-state index is 0.0543. The van der Waals surface area contributed by atoms with Crippen molar-refractivity contribution in [3.8, 4) is 11.1 Å². The normalized spacial score (nSPS) is 19.8. The van der Waals surface area contributed by atoms with Crippen molar-refractivity contribution in [2.24, 2.45) is 5.92 Å². The molecule has 0 saturated heterocycles. The van der Waals surface area contributed by atoms with Crippen molar-refractivity contribution in [2.45, 2.75) is 44.4 Å². The average molecular weight is 644 g/mol. The summed E-state index contributed by atoms with van der Waals surface area (Å²) in [5.41, 5.74) is 13.8. The summed E-state index contributed by atoms with van der Waals surface area (Å²) in [6, 6.07) is 33.0. The van der Waals surface area contributed by atoms with E-state index in [0.29, 0.717) is 11.8 Å². The van der Waals surface area contributed by atoms with Crippen LogP contribution in [-0.4, -0.2) is 7.85 Å². The van der Waals surface area contributed by atoms with E-state index in [0.717, 1.165) is 21.3 Å². The summed E-state index contributed by atoms with van der Waals surface area (Å²) in [6.45, 7) is 13.8. The van der Waals surface area contributed by atoms with Crippen molar-refractivity contribution in [2.75, 3.05) is 4.90 Å². The lowest BCUT2D eigenvalue weighted by molar-refractivity contribution is 0.392. The summed E-state index contributed by atoms with van der Waals surface area (Å²) in [5.74, 6) is 0.645. The van der Waals surface area contributed by atoms with Gasteiger partial charge in [0, 0.05) is 32.9 Å². The summed E-state index contributed by atoms with van der Waals surface area (Å²) in [6.07, 6.45) is 9.29. The Morgan fingerprint density at radius 1 is 0.800 bits per heavy atom. The first-order valence-corrected chi connectivity index (χ1v) is 16.6. The van der Waals surface area contributed by atoms with Gasteiger partial charge in [-0.3, -0.25) is 0 Å². The van der Waals surface area contributed by atoms with Gasteiger partial charge >= 0.3 is 0 Å². The van der Waals surface area contributed by atoms with Crippen molar-refractivity contribution >= 4 is 57.5 Å². The summed E-state index contributed by atoms with van der Waals surface area (Å²) in [7, 11) is 6.09. The molecule has 45 heavy (non-hydrogen) atoms. The maximum absolute atomic E-state index is 6.09. The van der Waals surface area contributed by atoms with E-state index in [-0.39, 0.29) is 10.8 Å². The Bertz CT molecular complexity index is 2050. The molecule has 8 rings (SSSR count). The molecule has 0 fully saturated rings. The van der Waals surface area contributed by atoms with Crippen molar-refractivity contribution in [3.05, 3.63) is 154 Å². The summed E-state index contributed by atoms with van der Waals surface area (Å²) in [5, 5.41) is 2.59. The van der Waals surface area contributed by atoms with Crippen LogP contribution in [0.4, 0.5) is 11.4 Å². The van der Waals surface area contributed by atoms with Crippen LogP contribution in [0.2, 0.25) is 0 Å². The molecule has 0 amide bonds. The lowest BCUT2D eigenvalue weighted by atomic mass is 9.73. The minimum Gasteiger partial charge on any atom is -0.311 e. The Hall–Kier alpha value is -4.08. The summed E-state index contributed by atoms with van der Waals surface area (Å²) in [4.78, 5) is 2.35. The molecule has 0 saturated carbocycles. The lowest BCUT2D eigenvalue weighted by Gasteiger charge is -2.34. The molecule has 0 aromatic heterocycles. The van der Waals surface area contributed by atoms with Crippen molar-refractivity contribution in [3.63, 3.8) is 0 Å². The van der Waals surface area contributed by atoms with Crippen LogP contribution in [0.3, 0.4) is 0 Å². The van der Waals surface area contributed by atoms with Gasteiger partial charge in [-0.1, -0.05) is 116 Å². The smallest absolute Gasteiger partial charge is 0.113 e. The monoisotopic (exact) mass is 643 g/mol. The van der Waals surface area contributed by atoms with E-state index in [1.807, 2.05) is 18.2 Å². The number of halogens is 1. The second kappa shape index (κ2) is 9.96. The van der Waals surface area contributed by atoms with Crippen LogP contribution in [0.25, 0.3) is 28.0 Å². The maximum Gasteiger partial charge on any atom is 0.113 e. The quantitative estimate of drug-likeness (QED) is 0.176. The molecule has 3 heteroatoms. The third kappa shape index (κ3) is 4.13. The highest BCUT2D eigenvalue weighted by Gasteiger charge is 2.48. The number of hydrogen-bond donors (Lipinski definition) is 0. The molecule has 2 radical (unpaired) electrons. The maximum atomic E-state index is 6.09. The Balaban J connectivity index is 1.28. The molecule has 2 atom stereocenters. The van der Waals surface area contributed by atoms with E-state index in [4.69, 9.17) is 7.85 Å². The van der Waals surface area contributed by atoms with Crippen molar-refractivity contribution in [1.29, 1.82) is 0 Å². The van der Waals surface area contributed by atoms with Gasteiger partial charge in [-0.05, 0) is 116 Å². The highest BCUT2D eigenvalue weighted by Crippen LogP contribution is 2.59. The molecule has 0 N–H and O–H groups in total. The Morgan fingerprint density at radius 2 is 1.47 bits per heavy atom. The van der Waals surface area contributed by atoms with Crippen LogP contribution in [0.1, 0.15) is 61.4 Å². The second-order valence-corrected chi connectivity index (χ2v) is 14.8. The molecule has 0 bridgehead atoms. The molecular formula is C42H35BBrN. The second-order valence-electron chi connectivity index (χ2n) is 13.9. The first kappa shape index (κ1) is 28.4. The molecule has 5 aromatic carbocycles. The topological polar surface area (TPSA) is 3.24 Å². The van der Waals surface area contributed by atoms with E-state index >= 15 is 0 Å². The van der Waals surface area contributed by atoms with Gasteiger partial charge in [0.25, 0.3) is 0 Å². The van der Waals surface area contributed by atoms with Gasteiger partial charge in [-0.15, -0.1) is 0 Å². The van der Waals surface area contributed by atoms with E-state index in [9.17, 15) is 0 Å². The zero-order valence-electron chi connectivity index (χ0n) is 26.2. The molecule has 3 aliphatic carbocycles. The SMILES string of the molecule is [B]c1ccc(N(C2=CC3C(C=C2)c2cc4c(cc2C3(C)C)-c2c(cc(C=C)c3ccccc23)C4(C)C)c2ccc(Br)cc2)cc1. The number of nitrogens with zero attached hydrogens (tertiary/aromatic N) is 1. The Labute approximate surface area is 276 Å².